The first kappa shape index (κ1) is 14.0. The maximum Gasteiger partial charge on any atom is 0.218 e. The smallest absolute Gasteiger partial charge is 0.218 e. The van der Waals surface area contributed by atoms with E-state index in [2.05, 4.69) is 15.3 Å². The summed E-state index contributed by atoms with van der Waals surface area (Å²) in [5.41, 5.74) is 0. The van der Waals surface area contributed by atoms with Crippen LogP contribution in [-0.2, 0) is 16.1 Å². The van der Waals surface area contributed by atoms with Gasteiger partial charge >= 0.3 is 0 Å². The summed E-state index contributed by atoms with van der Waals surface area (Å²) in [6.07, 6.45) is 1.05. The van der Waals surface area contributed by atoms with E-state index in [0.717, 1.165) is 32.0 Å². The molecule has 1 aliphatic heterocycles. The third kappa shape index (κ3) is 4.33. The molecule has 106 valence electrons. The number of hydrogen-bond acceptors (Lipinski definition) is 6. The zero-order valence-electron chi connectivity index (χ0n) is 11.5. The second kappa shape index (κ2) is 7.25. The van der Waals surface area contributed by atoms with E-state index in [1.54, 1.807) is 7.11 Å². The molecule has 1 aromatic rings. The fraction of sp³-hybridized carbons (Fsp3) is 0.692. The van der Waals surface area contributed by atoms with Crippen LogP contribution in [0.5, 0.6) is 5.88 Å². The quantitative estimate of drug-likeness (QED) is 0.807. The van der Waals surface area contributed by atoms with Crippen LogP contribution in [0.2, 0.25) is 0 Å². The molecule has 6 nitrogen and oxygen atoms in total. The third-order valence-electron chi connectivity index (χ3n) is 2.87. The number of rotatable bonds is 7. The van der Waals surface area contributed by atoms with Gasteiger partial charge in [0.15, 0.2) is 5.82 Å². The molecular weight excluding hydrogens is 246 g/mol. The Morgan fingerprint density at radius 2 is 2.37 bits per heavy atom. The second-order valence-corrected chi connectivity index (χ2v) is 4.51. The van der Waals surface area contributed by atoms with Crippen LogP contribution in [0.4, 0.5) is 5.82 Å². The topological polar surface area (TPSA) is 65.5 Å². The average molecular weight is 267 g/mol. The largest absolute Gasteiger partial charge is 0.477 e. The van der Waals surface area contributed by atoms with Gasteiger partial charge in [0, 0.05) is 32.2 Å². The van der Waals surface area contributed by atoms with Crippen LogP contribution in [-0.4, -0.2) is 43.4 Å². The van der Waals surface area contributed by atoms with Crippen molar-refractivity contribution in [1.82, 2.24) is 9.97 Å². The predicted octanol–water partition coefficient (Wildman–Crippen LogP) is 1.47. The van der Waals surface area contributed by atoms with Gasteiger partial charge in [-0.1, -0.05) is 0 Å². The zero-order valence-corrected chi connectivity index (χ0v) is 11.5. The highest BCUT2D eigenvalue weighted by molar-refractivity contribution is 5.38. The molecule has 0 bridgehead atoms. The van der Waals surface area contributed by atoms with E-state index in [-0.39, 0.29) is 0 Å². The van der Waals surface area contributed by atoms with Crippen molar-refractivity contribution in [3.05, 3.63) is 11.9 Å². The van der Waals surface area contributed by atoms with Crippen LogP contribution >= 0.6 is 0 Å². The molecule has 19 heavy (non-hydrogen) atoms. The van der Waals surface area contributed by atoms with Crippen LogP contribution < -0.4 is 10.1 Å². The van der Waals surface area contributed by atoms with Crippen molar-refractivity contribution in [3.63, 3.8) is 0 Å². The number of aromatic nitrogens is 2. The molecule has 0 aromatic carbocycles. The Morgan fingerprint density at radius 3 is 3.05 bits per heavy atom. The molecule has 6 heteroatoms. The van der Waals surface area contributed by atoms with E-state index in [1.165, 1.54) is 0 Å². The zero-order chi connectivity index (χ0) is 13.5. The monoisotopic (exact) mass is 267 g/mol. The highest BCUT2D eigenvalue weighted by Crippen LogP contribution is 2.17. The van der Waals surface area contributed by atoms with Gasteiger partial charge in [0.05, 0.1) is 13.2 Å². The van der Waals surface area contributed by atoms with Crippen LogP contribution in [0.15, 0.2) is 6.07 Å². The average Bonchev–Trinajstić information content (AvgIpc) is 2.90. The predicted molar refractivity (Wildman–Crippen MR) is 71.3 cm³/mol. The number of nitrogens with zero attached hydrogens (tertiary/aromatic N) is 2. The lowest BCUT2D eigenvalue weighted by molar-refractivity contribution is 0.162. The van der Waals surface area contributed by atoms with E-state index in [1.807, 2.05) is 13.0 Å². The summed E-state index contributed by atoms with van der Waals surface area (Å²) in [4.78, 5) is 8.67. The van der Waals surface area contributed by atoms with Crippen molar-refractivity contribution in [2.75, 3.05) is 38.8 Å². The standard InChI is InChI=1S/C13H21N3O3/c1-3-14-11-6-13(16-12(15-11)9-17-2)19-8-10-4-5-18-7-10/h6,10H,3-5,7-9H2,1-2H3,(H,14,15,16). The summed E-state index contributed by atoms with van der Waals surface area (Å²) in [7, 11) is 1.62. The third-order valence-corrected chi connectivity index (χ3v) is 2.87. The minimum absolute atomic E-state index is 0.377. The molecule has 2 rings (SSSR count). The first-order valence-electron chi connectivity index (χ1n) is 6.63. The van der Waals surface area contributed by atoms with Gasteiger partial charge < -0.3 is 19.5 Å². The van der Waals surface area contributed by atoms with E-state index < -0.39 is 0 Å². The van der Waals surface area contributed by atoms with E-state index in [0.29, 0.717) is 30.8 Å². The van der Waals surface area contributed by atoms with Crippen LogP contribution in [0.3, 0.4) is 0 Å². The van der Waals surface area contributed by atoms with Crippen LogP contribution in [0.25, 0.3) is 0 Å². The van der Waals surface area contributed by atoms with Gasteiger partial charge in [-0.3, -0.25) is 0 Å². The summed E-state index contributed by atoms with van der Waals surface area (Å²) in [6.45, 7) is 5.44. The van der Waals surface area contributed by atoms with Gasteiger partial charge in [0.1, 0.15) is 12.4 Å². The first-order chi connectivity index (χ1) is 9.31. The molecule has 0 aliphatic carbocycles. The number of methoxy groups -OCH3 is 1. The molecule has 0 spiro atoms. The molecule has 1 aromatic heterocycles. The lowest BCUT2D eigenvalue weighted by Gasteiger charge is -2.12. The van der Waals surface area contributed by atoms with Gasteiger partial charge in [-0.05, 0) is 13.3 Å². The minimum atomic E-state index is 0.377. The molecule has 1 saturated heterocycles. The highest BCUT2D eigenvalue weighted by Gasteiger charge is 2.17. The maximum atomic E-state index is 5.74. The fourth-order valence-corrected chi connectivity index (χ4v) is 1.93. The molecule has 1 atom stereocenters. The minimum Gasteiger partial charge on any atom is -0.477 e. The van der Waals surface area contributed by atoms with E-state index >= 15 is 0 Å². The molecule has 0 saturated carbocycles. The Labute approximate surface area is 113 Å². The van der Waals surface area contributed by atoms with Crippen molar-refractivity contribution < 1.29 is 14.2 Å². The molecule has 1 N–H and O–H groups in total. The van der Waals surface area contributed by atoms with Crippen molar-refractivity contribution in [2.24, 2.45) is 5.92 Å². The van der Waals surface area contributed by atoms with Gasteiger partial charge in [-0.2, -0.15) is 4.98 Å². The van der Waals surface area contributed by atoms with Crippen molar-refractivity contribution in [1.29, 1.82) is 0 Å². The molecule has 2 heterocycles. The summed E-state index contributed by atoms with van der Waals surface area (Å²) in [6, 6.07) is 1.82. The molecular formula is C13H21N3O3. The normalized spacial score (nSPS) is 18.5. The summed E-state index contributed by atoms with van der Waals surface area (Å²) < 4.78 is 16.1. The van der Waals surface area contributed by atoms with Gasteiger partial charge in [-0.15, -0.1) is 0 Å². The molecule has 0 radical (unpaired) electrons. The first-order valence-corrected chi connectivity index (χ1v) is 6.63. The Bertz CT molecular complexity index is 370. The van der Waals surface area contributed by atoms with Gasteiger partial charge in [0.2, 0.25) is 5.88 Å². The van der Waals surface area contributed by atoms with Gasteiger partial charge in [0.25, 0.3) is 0 Å². The lowest BCUT2D eigenvalue weighted by Crippen LogP contribution is -2.13. The highest BCUT2D eigenvalue weighted by atomic mass is 16.5. The summed E-state index contributed by atoms with van der Waals surface area (Å²) in [5.74, 6) is 2.44. The van der Waals surface area contributed by atoms with Crippen molar-refractivity contribution >= 4 is 5.82 Å². The van der Waals surface area contributed by atoms with Gasteiger partial charge in [-0.25, -0.2) is 4.98 Å². The van der Waals surface area contributed by atoms with Crippen molar-refractivity contribution in [2.45, 2.75) is 20.0 Å². The molecule has 1 unspecified atom stereocenters. The number of ether oxygens (including phenoxy) is 3. The Kier molecular flexibility index (Phi) is 5.35. The Morgan fingerprint density at radius 1 is 1.47 bits per heavy atom. The van der Waals surface area contributed by atoms with Crippen LogP contribution in [0.1, 0.15) is 19.2 Å². The van der Waals surface area contributed by atoms with Crippen LogP contribution in [0, 0.1) is 5.92 Å². The Hall–Kier alpha value is -1.40. The van der Waals surface area contributed by atoms with Crippen molar-refractivity contribution in [3.8, 4) is 5.88 Å². The second-order valence-electron chi connectivity index (χ2n) is 4.51. The van der Waals surface area contributed by atoms with E-state index in [4.69, 9.17) is 14.2 Å². The fourth-order valence-electron chi connectivity index (χ4n) is 1.93. The molecule has 1 aliphatic rings. The Balaban J connectivity index is 1.99. The number of nitrogens with one attached hydrogen (secondary N) is 1. The number of anilines is 1. The SMILES string of the molecule is CCNc1cc(OCC2CCOC2)nc(COC)n1. The lowest BCUT2D eigenvalue weighted by atomic mass is 10.1. The summed E-state index contributed by atoms with van der Waals surface area (Å²) in [5, 5.41) is 3.16. The molecule has 1 fully saturated rings. The summed E-state index contributed by atoms with van der Waals surface area (Å²) >= 11 is 0. The number of hydrogen-bond donors (Lipinski definition) is 1. The molecule has 0 amide bonds. The van der Waals surface area contributed by atoms with E-state index in [9.17, 15) is 0 Å². The maximum absolute atomic E-state index is 5.74.